The zero-order valence-electron chi connectivity index (χ0n) is 17.3. The molecule has 0 radical (unpaired) electrons. The van der Waals surface area contributed by atoms with Crippen molar-refractivity contribution < 1.29 is 9.47 Å². The van der Waals surface area contributed by atoms with Crippen LogP contribution in [0.15, 0.2) is 0 Å². The predicted molar refractivity (Wildman–Crippen MR) is 103 cm³/mol. The van der Waals surface area contributed by atoms with Gasteiger partial charge in [-0.3, -0.25) is 5.41 Å². The first-order chi connectivity index (χ1) is 13.2. The standard InChI is InChI=1S/C22H30N4O2/c1-5-6-7-8-17-20(12-23,13-24)21(14-25)16-11-15(19(2,3)4)9-10-22(16,27-17)28-18(21)26/h15-17,26H,5-11H2,1-4H3. The highest BCUT2D eigenvalue weighted by Gasteiger charge is 2.80. The van der Waals surface area contributed by atoms with Gasteiger partial charge in [-0.1, -0.05) is 47.0 Å². The fourth-order valence-corrected chi connectivity index (χ4v) is 5.58. The first-order valence-corrected chi connectivity index (χ1v) is 10.4. The topological polar surface area (TPSA) is 114 Å². The molecule has 1 N–H and O–H groups in total. The first-order valence-electron chi connectivity index (χ1n) is 10.4. The van der Waals surface area contributed by atoms with Crippen molar-refractivity contribution in [3.8, 4) is 18.2 Å². The Balaban J connectivity index is 2.12. The van der Waals surface area contributed by atoms with Crippen LogP contribution in [0.4, 0.5) is 0 Å². The Bertz CT molecular complexity index is 766. The summed E-state index contributed by atoms with van der Waals surface area (Å²) < 4.78 is 12.4. The molecule has 3 aliphatic rings. The van der Waals surface area contributed by atoms with Gasteiger partial charge in [0.05, 0.1) is 30.2 Å². The lowest BCUT2D eigenvalue weighted by molar-refractivity contribution is -0.299. The third-order valence-corrected chi connectivity index (χ3v) is 7.32. The van der Waals surface area contributed by atoms with Crippen LogP contribution in [0.1, 0.15) is 72.6 Å². The Kier molecular flexibility index (Phi) is 4.97. The minimum absolute atomic E-state index is 0.0276. The van der Waals surface area contributed by atoms with Crippen LogP contribution in [0.25, 0.3) is 0 Å². The Morgan fingerprint density at radius 2 is 1.82 bits per heavy atom. The van der Waals surface area contributed by atoms with Gasteiger partial charge in [0, 0.05) is 6.42 Å². The predicted octanol–water partition coefficient (Wildman–Crippen LogP) is 4.68. The van der Waals surface area contributed by atoms with E-state index >= 15 is 0 Å². The maximum atomic E-state index is 10.3. The van der Waals surface area contributed by atoms with E-state index in [1.54, 1.807) is 0 Å². The zero-order chi connectivity index (χ0) is 20.8. The molecule has 2 aliphatic heterocycles. The van der Waals surface area contributed by atoms with Crippen LogP contribution in [-0.4, -0.2) is 17.8 Å². The average Bonchev–Trinajstić information content (AvgIpc) is 2.86. The van der Waals surface area contributed by atoms with E-state index in [1.165, 1.54) is 0 Å². The molecule has 3 fully saturated rings. The van der Waals surface area contributed by atoms with Crippen LogP contribution >= 0.6 is 0 Å². The molecule has 6 nitrogen and oxygen atoms in total. The van der Waals surface area contributed by atoms with Crippen LogP contribution < -0.4 is 0 Å². The minimum Gasteiger partial charge on any atom is -0.447 e. The van der Waals surface area contributed by atoms with Gasteiger partial charge in [-0.25, -0.2) is 0 Å². The number of nitriles is 3. The van der Waals surface area contributed by atoms with Crippen LogP contribution in [-0.2, 0) is 9.47 Å². The maximum Gasteiger partial charge on any atom is 0.217 e. The lowest BCUT2D eigenvalue weighted by Gasteiger charge is -2.54. The molecule has 0 aromatic carbocycles. The molecular formula is C22H30N4O2. The summed E-state index contributed by atoms with van der Waals surface area (Å²) in [4.78, 5) is 0. The Labute approximate surface area is 167 Å². The Morgan fingerprint density at radius 1 is 1.14 bits per heavy atom. The van der Waals surface area contributed by atoms with Crippen molar-refractivity contribution in [3.05, 3.63) is 0 Å². The van der Waals surface area contributed by atoms with Gasteiger partial charge < -0.3 is 9.47 Å². The molecule has 0 amide bonds. The number of ether oxygens (including phenoxy) is 2. The van der Waals surface area contributed by atoms with Crippen molar-refractivity contribution in [2.24, 2.45) is 28.1 Å². The van der Waals surface area contributed by atoms with Gasteiger partial charge in [0.2, 0.25) is 11.7 Å². The van der Waals surface area contributed by atoms with Gasteiger partial charge >= 0.3 is 0 Å². The van der Waals surface area contributed by atoms with Gasteiger partial charge in [0.15, 0.2) is 10.8 Å². The first kappa shape index (κ1) is 20.6. The minimum atomic E-state index is -1.73. The van der Waals surface area contributed by atoms with Crippen molar-refractivity contribution in [1.82, 2.24) is 0 Å². The normalized spacial score (nSPS) is 38.5. The summed E-state index contributed by atoms with van der Waals surface area (Å²) in [6.45, 7) is 8.59. The van der Waals surface area contributed by atoms with Gasteiger partial charge in [0.1, 0.15) is 0 Å². The van der Waals surface area contributed by atoms with Gasteiger partial charge in [0.25, 0.3) is 0 Å². The Hall–Kier alpha value is -2.10. The van der Waals surface area contributed by atoms with Crippen LogP contribution in [0, 0.1) is 67.5 Å². The number of nitrogens with one attached hydrogen (secondary N) is 1. The van der Waals surface area contributed by atoms with Crippen molar-refractivity contribution in [2.45, 2.75) is 84.5 Å². The molecule has 6 heteroatoms. The molecule has 2 heterocycles. The van der Waals surface area contributed by atoms with Gasteiger partial charge in [-0.2, -0.15) is 15.8 Å². The van der Waals surface area contributed by atoms with Crippen LogP contribution in [0.5, 0.6) is 0 Å². The zero-order valence-corrected chi connectivity index (χ0v) is 17.3. The van der Waals surface area contributed by atoms with Crippen molar-refractivity contribution in [1.29, 1.82) is 21.2 Å². The number of nitrogens with zero attached hydrogens (tertiary/aromatic N) is 3. The highest BCUT2D eigenvalue weighted by molar-refractivity contribution is 5.89. The fraction of sp³-hybridized carbons (Fsp3) is 0.818. The van der Waals surface area contributed by atoms with Crippen molar-refractivity contribution in [3.63, 3.8) is 0 Å². The van der Waals surface area contributed by atoms with Crippen molar-refractivity contribution >= 4 is 5.90 Å². The van der Waals surface area contributed by atoms with Crippen LogP contribution in [0.2, 0.25) is 0 Å². The summed E-state index contributed by atoms with van der Waals surface area (Å²) in [6.07, 6.45) is 4.66. The molecule has 1 aliphatic carbocycles. The summed E-state index contributed by atoms with van der Waals surface area (Å²) in [6, 6.07) is 6.56. The second kappa shape index (κ2) is 6.75. The van der Waals surface area contributed by atoms with Gasteiger partial charge in [-0.05, 0) is 30.6 Å². The molecule has 0 aromatic rings. The van der Waals surface area contributed by atoms with E-state index in [9.17, 15) is 15.8 Å². The molecule has 0 aromatic heterocycles. The highest BCUT2D eigenvalue weighted by atomic mass is 16.7. The molecule has 1 saturated carbocycles. The third-order valence-electron chi connectivity index (χ3n) is 7.32. The Morgan fingerprint density at radius 3 is 2.36 bits per heavy atom. The smallest absolute Gasteiger partial charge is 0.217 e. The quantitative estimate of drug-likeness (QED) is 0.709. The molecule has 2 bridgehead atoms. The monoisotopic (exact) mass is 382 g/mol. The highest BCUT2D eigenvalue weighted by Crippen LogP contribution is 2.68. The fourth-order valence-electron chi connectivity index (χ4n) is 5.58. The maximum absolute atomic E-state index is 10.3. The largest absolute Gasteiger partial charge is 0.447 e. The number of hydrogen-bond donors (Lipinski definition) is 1. The molecule has 5 unspecified atom stereocenters. The summed E-state index contributed by atoms with van der Waals surface area (Å²) in [5.41, 5.74) is -3.27. The van der Waals surface area contributed by atoms with Crippen LogP contribution in [0.3, 0.4) is 0 Å². The summed E-state index contributed by atoms with van der Waals surface area (Å²) >= 11 is 0. The van der Waals surface area contributed by atoms with E-state index in [0.29, 0.717) is 25.2 Å². The number of unbranched alkanes of at least 4 members (excludes halogenated alkanes) is 2. The van der Waals surface area contributed by atoms with E-state index in [-0.39, 0.29) is 11.3 Å². The molecule has 5 atom stereocenters. The molecule has 0 spiro atoms. The van der Waals surface area contributed by atoms with E-state index < -0.39 is 28.6 Å². The summed E-state index contributed by atoms with van der Waals surface area (Å²) in [5, 5.41) is 39.2. The van der Waals surface area contributed by atoms with E-state index in [2.05, 4.69) is 45.9 Å². The molecule has 2 saturated heterocycles. The summed E-state index contributed by atoms with van der Waals surface area (Å²) in [5.74, 6) is -1.47. The second-order valence-corrected chi connectivity index (χ2v) is 9.69. The summed E-state index contributed by atoms with van der Waals surface area (Å²) in [7, 11) is 0. The second-order valence-electron chi connectivity index (χ2n) is 9.69. The molecular weight excluding hydrogens is 352 g/mol. The average molecular weight is 383 g/mol. The molecule has 28 heavy (non-hydrogen) atoms. The van der Waals surface area contributed by atoms with E-state index in [4.69, 9.17) is 14.9 Å². The molecule has 3 rings (SSSR count). The van der Waals surface area contributed by atoms with Crippen molar-refractivity contribution in [2.75, 3.05) is 0 Å². The van der Waals surface area contributed by atoms with E-state index in [1.807, 2.05) is 0 Å². The third kappa shape index (κ3) is 2.49. The number of hydrogen-bond acceptors (Lipinski definition) is 6. The molecule has 150 valence electrons. The van der Waals surface area contributed by atoms with E-state index in [0.717, 1.165) is 25.7 Å². The lowest BCUT2D eigenvalue weighted by atomic mass is 9.49. The number of rotatable bonds is 4. The van der Waals surface area contributed by atoms with Gasteiger partial charge in [-0.15, -0.1) is 0 Å². The lowest BCUT2D eigenvalue weighted by Crippen LogP contribution is -2.64. The SMILES string of the molecule is CCCCCC1OC23CCC(C(C)(C)C)CC2C(C#N)(C(=N)O3)C1(C#N)C#N.